The molecule has 0 spiro atoms. The van der Waals surface area contributed by atoms with Crippen molar-refractivity contribution in [1.29, 1.82) is 0 Å². The van der Waals surface area contributed by atoms with Crippen LogP contribution < -0.4 is 5.32 Å². The van der Waals surface area contributed by atoms with Crippen LogP contribution in [-0.4, -0.2) is 44.2 Å². The van der Waals surface area contributed by atoms with Crippen molar-refractivity contribution in [1.82, 2.24) is 9.29 Å². The second kappa shape index (κ2) is 6.74. The van der Waals surface area contributed by atoms with Crippen LogP contribution in [0.4, 0.5) is 5.82 Å². The van der Waals surface area contributed by atoms with E-state index < -0.39 is 10.0 Å². The van der Waals surface area contributed by atoms with E-state index in [1.54, 1.807) is 12.1 Å². The van der Waals surface area contributed by atoms with E-state index in [9.17, 15) is 8.42 Å². The van der Waals surface area contributed by atoms with E-state index >= 15 is 0 Å². The molecule has 0 fully saturated rings. The summed E-state index contributed by atoms with van der Waals surface area (Å²) >= 11 is 5.75. The molecule has 5 nitrogen and oxygen atoms in total. The highest BCUT2D eigenvalue weighted by atomic mass is 35.5. The normalized spacial score (nSPS) is 12.7. The van der Waals surface area contributed by atoms with E-state index in [1.807, 2.05) is 0 Å². The van der Waals surface area contributed by atoms with Gasteiger partial charge in [-0.3, -0.25) is 0 Å². The van der Waals surface area contributed by atoms with Gasteiger partial charge in [0.05, 0.1) is 0 Å². The van der Waals surface area contributed by atoms with Gasteiger partial charge in [0, 0.05) is 32.7 Å². The fourth-order valence-electron chi connectivity index (χ4n) is 1.52. The van der Waals surface area contributed by atoms with Gasteiger partial charge in [-0.2, -0.15) is 0 Å². The second-order valence-corrected chi connectivity index (χ2v) is 8.15. The number of rotatable bonds is 7. The summed E-state index contributed by atoms with van der Waals surface area (Å²) in [5.41, 5.74) is 0.0673. The van der Waals surface area contributed by atoms with Crippen molar-refractivity contribution in [2.45, 2.75) is 25.2 Å². The highest BCUT2D eigenvalue weighted by Crippen LogP contribution is 2.21. The lowest BCUT2D eigenvalue weighted by Crippen LogP contribution is -2.24. The van der Waals surface area contributed by atoms with Crippen LogP contribution in [0.1, 0.15) is 20.3 Å². The van der Waals surface area contributed by atoms with E-state index in [0.717, 1.165) is 13.0 Å². The summed E-state index contributed by atoms with van der Waals surface area (Å²) in [4.78, 5) is 4.33. The summed E-state index contributed by atoms with van der Waals surface area (Å²) in [6.45, 7) is 4.97. The lowest BCUT2D eigenvalue weighted by Gasteiger charge is -2.24. The molecule has 0 bridgehead atoms. The Labute approximate surface area is 126 Å². The second-order valence-electron chi connectivity index (χ2n) is 5.62. The van der Waals surface area contributed by atoms with Gasteiger partial charge in [0.2, 0.25) is 10.0 Å². The molecule has 1 rings (SSSR count). The minimum absolute atomic E-state index is 0.0673. The Morgan fingerprint density at radius 1 is 1.35 bits per heavy atom. The predicted octanol–water partition coefficient (Wildman–Crippen LogP) is 2.40. The molecule has 0 unspecified atom stereocenters. The summed E-state index contributed by atoms with van der Waals surface area (Å²) in [7, 11) is -0.428. The van der Waals surface area contributed by atoms with Crippen LogP contribution in [0.25, 0.3) is 0 Å². The number of sulfonamides is 1. The highest BCUT2D eigenvalue weighted by Gasteiger charge is 2.19. The number of alkyl halides is 1. The van der Waals surface area contributed by atoms with Crippen LogP contribution >= 0.6 is 11.6 Å². The van der Waals surface area contributed by atoms with E-state index in [1.165, 1.54) is 24.6 Å². The van der Waals surface area contributed by atoms with Crippen molar-refractivity contribution in [3.8, 4) is 0 Å². The van der Waals surface area contributed by atoms with Crippen LogP contribution in [0.5, 0.6) is 0 Å². The summed E-state index contributed by atoms with van der Waals surface area (Å²) in [5.74, 6) is 1.27. The topological polar surface area (TPSA) is 62.3 Å². The number of aromatic nitrogens is 1. The number of hydrogen-bond donors (Lipinski definition) is 1. The van der Waals surface area contributed by atoms with E-state index in [4.69, 9.17) is 11.6 Å². The van der Waals surface area contributed by atoms with Crippen molar-refractivity contribution >= 4 is 27.4 Å². The SMILES string of the molecule is CN(C)S(=O)(=O)c1ccc(NCC(C)(C)CCCl)nc1. The standard InChI is InChI=1S/C13H22ClN3O2S/c1-13(2,7-8-14)10-16-12-6-5-11(9-15-12)20(18,19)17(3)4/h5-6,9H,7-8,10H2,1-4H3,(H,15,16). The fraction of sp³-hybridized carbons (Fsp3) is 0.615. The first kappa shape index (κ1) is 17.2. The average Bonchev–Trinajstić information content (AvgIpc) is 2.37. The fourth-order valence-corrected chi connectivity index (χ4v) is 2.88. The molecular formula is C13H22ClN3O2S. The third-order valence-corrected chi connectivity index (χ3v) is 5.02. The molecule has 0 saturated heterocycles. The van der Waals surface area contributed by atoms with Gasteiger partial charge in [-0.25, -0.2) is 17.7 Å². The summed E-state index contributed by atoms with van der Waals surface area (Å²) in [6, 6.07) is 3.23. The van der Waals surface area contributed by atoms with Crippen molar-refractivity contribution in [3.05, 3.63) is 18.3 Å². The van der Waals surface area contributed by atoms with Crippen LogP contribution in [-0.2, 0) is 10.0 Å². The highest BCUT2D eigenvalue weighted by molar-refractivity contribution is 7.89. The Bertz CT molecular complexity index is 527. The number of halogens is 1. The van der Waals surface area contributed by atoms with Crippen LogP contribution in [0.15, 0.2) is 23.2 Å². The third kappa shape index (κ3) is 4.61. The van der Waals surface area contributed by atoms with Crippen molar-refractivity contribution in [2.75, 3.05) is 31.8 Å². The maximum atomic E-state index is 11.9. The third-order valence-electron chi connectivity index (χ3n) is 3.03. The summed E-state index contributed by atoms with van der Waals surface area (Å²) in [6.07, 6.45) is 2.26. The molecular weight excluding hydrogens is 298 g/mol. The molecule has 20 heavy (non-hydrogen) atoms. The van der Waals surface area contributed by atoms with Gasteiger partial charge in [-0.05, 0) is 24.0 Å². The first-order chi connectivity index (χ1) is 9.19. The molecule has 7 heteroatoms. The van der Waals surface area contributed by atoms with Gasteiger partial charge in [0.25, 0.3) is 0 Å². The largest absolute Gasteiger partial charge is 0.370 e. The molecule has 0 radical (unpaired) electrons. The Morgan fingerprint density at radius 3 is 2.45 bits per heavy atom. The van der Waals surface area contributed by atoms with E-state index in [-0.39, 0.29) is 10.3 Å². The first-order valence-electron chi connectivity index (χ1n) is 6.37. The van der Waals surface area contributed by atoms with Gasteiger partial charge in [-0.1, -0.05) is 13.8 Å². The zero-order chi connectivity index (χ0) is 15.4. The van der Waals surface area contributed by atoms with Gasteiger partial charge in [0.15, 0.2) is 0 Å². The van der Waals surface area contributed by atoms with Crippen LogP contribution in [0.3, 0.4) is 0 Å². The number of nitrogens with one attached hydrogen (secondary N) is 1. The minimum atomic E-state index is -3.42. The molecule has 1 heterocycles. The number of hydrogen-bond acceptors (Lipinski definition) is 4. The molecule has 0 aromatic carbocycles. The van der Waals surface area contributed by atoms with Gasteiger partial charge >= 0.3 is 0 Å². The average molecular weight is 320 g/mol. The van der Waals surface area contributed by atoms with Gasteiger partial charge in [-0.15, -0.1) is 11.6 Å². The van der Waals surface area contributed by atoms with Crippen molar-refractivity contribution in [2.24, 2.45) is 5.41 Å². The van der Waals surface area contributed by atoms with Crippen LogP contribution in [0, 0.1) is 5.41 Å². The lowest BCUT2D eigenvalue weighted by molar-refractivity contribution is 0.379. The predicted molar refractivity (Wildman–Crippen MR) is 82.7 cm³/mol. The maximum Gasteiger partial charge on any atom is 0.244 e. The zero-order valence-electron chi connectivity index (χ0n) is 12.4. The summed E-state index contributed by atoms with van der Waals surface area (Å²) < 4.78 is 25.0. The lowest BCUT2D eigenvalue weighted by atomic mass is 9.90. The van der Waals surface area contributed by atoms with Gasteiger partial charge < -0.3 is 5.32 Å². The minimum Gasteiger partial charge on any atom is -0.370 e. The monoisotopic (exact) mass is 319 g/mol. The number of pyridine rings is 1. The molecule has 0 aliphatic carbocycles. The molecule has 0 saturated carbocycles. The molecule has 1 aromatic rings. The van der Waals surface area contributed by atoms with Crippen molar-refractivity contribution < 1.29 is 8.42 Å². The maximum absolute atomic E-state index is 11.9. The molecule has 1 N–H and O–H groups in total. The summed E-state index contributed by atoms with van der Waals surface area (Å²) in [5, 5.41) is 3.20. The Hall–Kier alpha value is -0.850. The van der Waals surface area contributed by atoms with Crippen molar-refractivity contribution in [3.63, 3.8) is 0 Å². The molecule has 114 valence electrons. The van der Waals surface area contributed by atoms with Crippen LogP contribution in [0.2, 0.25) is 0 Å². The first-order valence-corrected chi connectivity index (χ1v) is 8.35. The molecule has 0 amide bonds. The molecule has 1 aromatic heterocycles. The number of nitrogens with zero attached hydrogens (tertiary/aromatic N) is 2. The molecule has 0 atom stereocenters. The number of anilines is 1. The smallest absolute Gasteiger partial charge is 0.244 e. The Kier molecular flexibility index (Phi) is 5.79. The Morgan fingerprint density at radius 2 is 2.00 bits per heavy atom. The van der Waals surface area contributed by atoms with E-state index in [0.29, 0.717) is 11.7 Å². The van der Waals surface area contributed by atoms with Gasteiger partial charge in [0.1, 0.15) is 10.7 Å². The quantitative estimate of drug-likeness (QED) is 0.784. The Balaban J connectivity index is 2.74. The zero-order valence-corrected chi connectivity index (χ0v) is 13.9. The molecule has 0 aliphatic heterocycles. The molecule has 0 aliphatic rings. The van der Waals surface area contributed by atoms with E-state index in [2.05, 4.69) is 24.1 Å².